The Labute approximate surface area is 296 Å². The van der Waals surface area contributed by atoms with E-state index < -0.39 is 0 Å². The molecule has 0 aromatic heterocycles. The van der Waals surface area contributed by atoms with Crippen molar-refractivity contribution in [3.63, 3.8) is 0 Å². The first kappa shape index (κ1) is 38.5. The lowest BCUT2D eigenvalue weighted by Gasteiger charge is -2.20. The van der Waals surface area contributed by atoms with Crippen LogP contribution in [0.1, 0.15) is 190 Å². The van der Waals surface area contributed by atoms with E-state index in [-0.39, 0.29) is 0 Å². The maximum absolute atomic E-state index is 2.69. The second-order valence-electron chi connectivity index (χ2n) is 15.2. The van der Waals surface area contributed by atoms with E-state index in [1.807, 2.05) is 0 Å². The molecule has 0 saturated heterocycles. The Balaban J connectivity index is 2.05. The van der Waals surface area contributed by atoms with Gasteiger partial charge in [-0.2, -0.15) is 0 Å². The molecule has 0 fully saturated rings. The van der Waals surface area contributed by atoms with Crippen LogP contribution >= 0.6 is 0 Å². The summed E-state index contributed by atoms with van der Waals surface area (Å²) in [5.74, 6) is 0. The molecule has 0 unspecified atom stereocenters. The summed E-state index contributed by atoms with van der Waals surface area (Å²) in [5.41, 5.74) is 9.79. The molecule has 0 atom stereocenters. The molecule has 0 aliphatic heterocycles. The molecule has 0 nitrogen and oxygen atoms in total. The van der Waals surface area contributed by atoms with E-state index in [0.717, 1.165) is 0 Å². The van der Waals surface area contributed by atoms with E-state index in [0.29, 0.717) is 0 Å². The predicted octanol–water partition coefficient (Wildman–Crippen LogP) is 15.5. The fourth-order valence-electron chi connectivity index (χ4n) is 8.19. The summed E-state index contributed by atoms with van der Waals surface area (Å²) in [6.45, 7) is 14.1. The van der Waals surface area contributed by atoms with Crippen LogP contribution in [0.3, 0.4) is 0 Å². The van der Waals surface area contributed by atoms with Crippen LogP contribution in [0.25, 0.3) is 32.3 Å². The van der Waals surface area contributed by atoms with Crippen LogP contribution in [0.15, 0.2) is 36.4 Å². The molecule has 0 amide bonds. The Morgan fingerprint density at radius 3 is 0.500 bits per heavy atom. The summed E-state index contributed by atoms with van der Waals surface area (Å²) in [5, 5.41) is 9.16. The van der Waals surface area contributed by atoms with Crippen LogP contribution in [0.4, 0.5) is 0 Å². The average Bonchev–Trinajstić information content (AvgIpc) is 3.09. The molecule has 0 aliphatic rings. The number of benzene rings is 4. The first-order valence-electron chi connectivity index (χ1n) is 21.1. The molecule has 0 aliphatic carbocycles. The third kappa shape index (κ3) is 10.3. The maximum Gasteiger partial charge on any atom is -0.00959 e. The van der Waals surface area contributed by atoms with Crippen LogP contribution in [0.5, 0.6) is 0 Å². The van der Waals surface area contributed by atoms with Gasteiger partial charge >= 0.3 is 0 Å². The minimum atomic E-state index is 1.22. The number of aryl methyl sites for hydroxylation is 6. The normalized spacial score (nSPS) is 11.9. The number of fused-ring (bicyclic) bond motifs is 6. The molecule has 0 spiro atoms. The maximum atomic E-state index is 2.69. The lowest BCUT2D eigenvalue weighted by atomic mass is 9.84. The second kappa shape index (κ2) is 21.0. The van der Waals surface area contributed by atoms with Crippen molar-refractivity contribution in [3.8, 4) is 0 Å². The molecule has 4 rings (SSSR count). The number of unbranched alkanes of at least 4 members (excludes halogenated alkanes) is 12. The van der Waals surface area contributed by atoms with Crippen LogP contribution in [-0.4, -0.2) is 0 Å². The zero-order valence-electron chi connectivity index (χ0n) is 32.4. The zero-order valence-corrected chi connectivity index (χ0v) is 32.4. The highest BCUT2D eigenvalue weighted by molar-refractivity contribution is 6.26. The number of rotatable bonds is 24. The van der Waals surface area contributed by atoms with Crippen LogP contribution in [0.2, 0.25) is 0 Å². The number of hydrogen-bond acceptors (Lipinski definition) is 0. The Kier molecular flexibility index (Phi) is 16.8. The van der Waals surface area contributed by atoms with E-state index in [1.165, 1.54) is 186 Å². The first-order chi connectivity index (χ1) is 23.6. The molecule has 0 heteroatoms. The van der Waals surface area contributed by atoms with Crippen molar-refractivity contribution in [2.75, 3.05) is 0 Å². The van der Waals surface area contributed by atoms with Gasteiger partial charge in [-0.15, -0.1) is 0 Å². The molecule has 0 saturated carbocycles. The Bertz CT molecular complexity index is 1210. The standard InChI is InChI=1S/C48H72/c1-7-13-19-25-37-31-43-44(32-38(37)26-20-14-8-2)46-34-40(28-22-16-10-4)42(30-24-18-12-6)36-48(46)47-35-41(29-23-17-11-5)39(33-45(43)47)27-21-15-9-3/h31-36H,7-30H2,1-6H3. The van der Waals surface area contributed by atoms with E-state index in [4.69, 9.17) is 0 Å². The molecule has 264 valence electrons. The quantitative estimate of drug-likeness (QED) is 0.0524. The van der Waals surface area contributed by atoms with Gasteiger partial charge in [-0.3, -0.25) is 0 Å². The van der Waals surface area contributed by atoms with Gasteiger partial charge < -0.3 is 0 Å². The lowest BCUT2D eigenvalue weighted by Crippen LogP contribution is -2.01. The van der Waals surface area contributed by atoms with Crippen molar-refractivity contribution >= 4 is 32.3 Å². The van der Waals surface area contributed by atoms with Gasteiger partial charge in [0, 0.05) is 0 Å². The van der Waals surface area contributed by atoms with Gasteiger partial charge in [0.2, 0.25) is 0 Å². The molecular formula is C48H72. The summed E-state index contributed by atoms with van der Waals surface area (Å²) in [6.07, 6.45) is 30.9. The largest absolute Gasteiger partial charge is 0.0654 e. The zero-order chi connectivity index (χ0) is 34.1. The van der Waals surface area contributed by atoms with Crippen molar-refractivity contribution < 1.29 is 0 Å². The van der Waals surface area contributed by atoms with Gasteiger partial charge in [-0.25, -0.2) is 0 Å². The van der Waals surface area contributed by atoms with Crippen LogP contribution in [0, 0.1) is 0 Å². The SMILES string of the molecule is CCCCCc1cc2c3cc(CCCCC)c(CCCCC)cc3c3cc(CCCCC)c(CCCCC)cc3c2cc1CCCCC. The molecule has 4 aromatic carbocycles. The molecule has 0 bridgehead atoms. The van der Waals surface area contributed by atoms with Gasteiger partial charge in [-0.1, -0.05) is 155 Å². The summed E-state index contributed by atoms with van der Waals surface area (Å²) in [6, 6.07) is 16.1. The van der Waals surface area contributed by atoms with E-state index in [1.54, 1.807) is 33.4 Å². The second-order valence-corrected chi connectivity index (χ2v) is 15.2. The third-order valence-electron chi connectivity index (χ3n) is 11.2. The van der Waals surface area contributed by atoms with E-state index in [9.17, 15) is 0 Å². The summed E-state index contributed by atoms with van der Waals surface area (Å²) < 4.78 is 0. The topological polar surface area (TPSA) is 0 Å². The smallest absolute Gasteiger partial charge is 0.00959 e. The molecule has 0 radical (unpaired) electrons. The first-order valence-corrected chi connectivity index (χ1v) is 21.1. The fourth-order valence-corrected chi connectivity index (χ4v) is 8.19. The lowest BCUT2D eigenvalue weighted by molar-refractivity contribution is 0.694. The van der Waals surface area contributed by atoms with Gasteiger partial charge in [0.1, 0.15) is 0 Å². The highest BCUT2D eigenvalue weighted by Crippen LogP contribution is 2.41. The average molecular weight is 649 g/mol. The minimum absolute atomic E-state index is 1.22. The fraction of sp³-hybridized carbons (Fsp3) is 0.625. The Morgan fingerprint density at radius 2 is 0.375 bits per heavy atom. The van der Waals surface area contributed by atoms with Crippen LogP contribution in [-0.2, 0) is 38.5 Å². The number of hydrogen-bond donors (Lipinski definition) is 0. The molecule has 0 N–H and O–H groups in total. The van der Waals surface area contributed by atoms with Crippen molar-refractivity contribution in [2.45, 2.75) is 196 Å². The third-order valence-corrected chi connectivity index (χ3v) is 11.2. The molecular weight excluding hydrogens is 577 g/mol. The van der Waals surface area contributed by atoms with Crippen molar-refractivity contribution in [1.82, 2.24) is 0 Å². The summed E-state index contributed by atoms with van der Waals surface area (Å²) in [7, 11) is 0. The van der Waals surface area contributed by atoms with E-state index in [2.05, 4.69) is 77.9 Å². The van der Waals surface area contributed by atoms with E-state index >= 15 is 0 Å². The monoisotopic (exact) mass is 649 g/mol. The minimum Gasteiger partial charge on any atom is -0.0654 e. The van der Waals surface area contributed by atoms with Crippen molar-refractivity contribution in [3.05, 3.63) is 69.8 Å². The highest BCUT2D eigenvalue weighted by Gasteiger charge is 2.17. The Morgan fingerprint density at radius 1 is 0.229 bits per heavy atom. The van der Waals surface area contributed by atoms with Gasteiger partial charge in [0.05, 0.1) is 0 Å². The van der Waals surface area contributed by atoms with Crippen molar-refractivity contribution in [2.24, 2.45) is 0 Å². The van der Waals surface area contributed by atoms with Gasteiger partial charge in [-0.05, 0) is 143 Å². The van der Waals surface area contributed by atoms with Gasteiger partial charge in [0.25, 0.3) is 0 Å². The molecule has 4 aromatic rings. The van der Waals surface area contributed by atoms with Gasteiger partial charge in [0.15, 0.2) is 0 Å². The molecule has 0 heterocycles. The molecule has 48 heavy (non-hydrogen) atoms. The summed E-state index contributed by atoms with van der Waals surface area (Å²) in [4.78, 5) is 0. The highest BCUT2D eigenvalue weighted by atomic mass is 14.2. The van der Waals surface area contributed by atoms with Crippen molar-refractivity contribution in [1.29, 1.82) is 0 Å². The van der Waals surface area contributed by atoms with Crippen LogP contribution < -0.4 is 0 Å². The summed E-state index contributed by atoms with van der Waals surface area (Å²) >= 11 is 0. The predicted molar refractivity (Wildman–Crippen MR) is 218 cm³/mol. The Hall–Kier alpha value is -2.34.